The number of benzene rings is 1. The molecule has 1 aromatic rings. The van der Waals surface area contributed by atoms with Gasteiger partial charge in [0.05, 0.1) is 0 Å². The Morgan fingerprint density at radius 2 is 2.06 bits per heavy atom. The number of sulfonamides is 1. The van der Waals surface area contributed by atoms with E-state index in [0.717, 1.165) is 12.1 Å². The van der Waals surface area contributed by atoms with E-state index >= 15 is 0 Å². The molecule has 0 saturated carbocycles. The Morgan fingerprint density at radius 3 is 2.61 bits per heavy atom. The van der Waals surface area contributed by atoms with Crippen LogP contribution in [0.25, 0.3) is 0 Å². The summed E-state index contributed by atoms with van der Waals surface area (Å²) in [6.45, 7) is 1.66. The van der Waals surface area contributed by atoms with E-state index in [9.17, 15) is 17.2 Å². The Kier molecular flexibility index (Phi) is 5.49. The highest BCUT2D eigenvalue weighted by Gasteiger charge is 2.21. The molecule has 1 aromatic carbocycles. The van der Waals surface area contributed by atoms with E-state index < -0.39 is 26.6 Å². The molecule has 1 rings (SSSR count). The minimum absolute atomic E-state index is 0.363. The van der Waals surface area contributed by atoms with Gasteiger partial charge >= 0.3 is 0 Å². The summed E-state index contributed by atoms with van der Waals surface area (Å²) in [6.07, 6.45) is 1.20. The SMILES string of the molecule is CC(CCCCl)NS(=O)(=O)c1ccc(F)cc1F. The van der Waals surface area contributed by atoms with Crippen LogP contribution in [-0.2, 0) is 10.0 Å². The Bertz CT molecular complexity index is 508. The lowest BCUT2D eigenvalue weighted by Gasteiger charge is -2.13. The van der Waals surface area contributed by atoms with Crippen LogP contribution in [0.5, 0.6) is 0 Å². The van der Waals surface area contributed by atoms with Gasteiger partial charge in [0.1, 0.15) is 16.5 Å². The van der Waals surface area contributed by atoms with E-state index in [1.165, 1.54) is 0 Å². The van der Waals surface area contributed by atoms with Crippen molar-refractivity contribution in [3.8, 4) is 0 Å². The van der Waals surface area contributed by atoms with Gasteiger partial charge < -0.3 is 0 Å². The number of nitrogens with one attached hydrogen (secondary N) is 1. The van der Waals surface area contributed by atoms with Crippen molar-refractivity contribution in [2.45, 2.75) is 30.7 Å². The van der Waals surface area contributed by atoms with Crippen molar-refractivity contribution in [3.63, 3.8) is 0 Å². The molecule has 3 nitrogen and oxygen atoms in total. The summed E-state index contributed by atoms with van der Waals surface area (Å²) < 4.78 is 52.0. The van der Waals surface area contributed by atoms with Gasteiger partial charge in [0.15, 0.2) is 0 Å². The molecule has 1 atom stereocenters. The molecule has 0 spiro atoms. The van der Waals surface area contributed by atoms with E-state index in [4.69, 9.17) is 11.6 Å². The second-order valence-electron chi connectivity index (χ2n) is 3.93. The average Bonchev–Trinajstić information content (AvgIpc) is 2.25. The standard InChI is InChI=1S/C11H14ClF2NO2S/c1-8(3-2-6-12)15-18(16,17)11-5-4-9(13)7-10(11)14/h4-5,7-8,15H,2-3,6H2,1H3. The van der Waals surface area contributed by atoms with Gasteiger partial charge in [-0.15, -0.1) is 11.6 Å². The van der Waals surface area contributed by atoms with Gasteiger partial charge in [-0.3, -0.25) is 0 Å². The van der Waals surface area contributed by atoms with Crippen LogP contribution in [0.15, 0.2) is 23.1 Å². The zero-order valence-corrected chi connectivity index (χ0v) is 11.4. The van der Waals surface area contributed by atoms with Gasteiger partial charge in [-0.25, -0.2) is 21.9 Å². The van der Waals surface area contributed by atoms with Gasteiger partial charge in [-0.1, -0.05) is 0 Å². The number of alkyl halides is 1. The van der Waals surface area contributed by atoms with E-state index in [1.54, 1.807) is 6.92 Å². The normalized spacial score (nSPS) is 13.6. The molecule has 0 saturated heterocycles. The van der Waals surface area contributed by atoms with Crippen molar-refractivity contribution >= 4 is 21.6 Å². The molecular formula is C11H14ClF2NO2S. The van der Waals surface area contributed by atoms with Crippen LogP contribution in [-0.4, -0.2) is 20.3 Å². The van der Waals surface area contributed by atoms with Gasteiger partial charge in [-0.05, 0) is 31.9 Å². The van der Waals surface area contributed by atoms with E-state index in [2.05, 4.69) is 4.72 Å². The van der Waals surface area contributed by atoms with Crippen molar-refractivity contribution in [2.75, 3.05) is 5.88 Å². The summed E-state index contributed by atoms with van der Waals surface area (Å²) in [7, 11) is -3.97. The summed E-state index contributed by atoms with van der Waals surface area (Å²) in [4.78, 5) is -0.554. The molecule has 0 amide bonds. The first kappa shape index (κ1) is 15.3. The van der Waals surface area contributed by atoms with Crippen LogP contribution in [0.3, 0.4) is 0 Å². The molecule has 0 fully saturated rings. The van der Waals surface area contributed by atoms with Crippen LogP contribution in [0, 0.1) is 11.6 Å². The molecular weight excluding hydrogens is 284 g/mol. The van der Waals surface area contributed by atoms with Crippen LogP contribution in [0.2, 0.25) is 0 Å². The molecule has 0 radical (unpaired) electrons. The van der Waals surface area contributed by atoms with E-state index in [1.807, 2.05) is 0 Å². The Labute approximate surface area is 110 Å². The maximum Gasteiger partial charge on any atom is 0.243 e. The van der Waals surface area contributed by atoms with Gasteiger partial charge in [0, 0.05) is 18.0 Å². The first-order chi connectivity index (χ1) is 8.36. The molecule has 0 bridgehead atoms. The molecule has 1 unspecified atom stereocenters. The van der Waals surface area contributed by atoms with Crippen molar-refractivity contribution < 1.29 is 17.2 Å². The summed E-state index contributed by atoms with van der Waals surface area (Å²) in [5.41, 5.74) is 0. The fourth-order valence-corrected chi connectivity index (χ4v) is 2.96. The van der Waals surface area contributed by atoms with E-state index in [0.29, 0.717) is 24.8 Å². The fourth-order valence-electron chi connectivity index (χ4n) is 1.46. The quantitative estimate of drug-likeness (QED) is 0.821. The predicted octanol–water partition coefficient (Wildman–Crippen LogP) is 2.65. The molecule has 0 aliphatic heterocycles. The van der Waals surface area contributed by atoms with Gasteiger partial charge in [0.2, 0.25) is 10.0 Å². The molecule has 102 valence electrons. The lowest BCUT2D eigenvalue weighted by molar-refractivity contribution is 0.525. The van der Waals surface area contributed by atoms with Crippen molar-refractivity contribution in [3.05, 3.63) is 29.8 Å². The highest BCUT2D eigenvalue weighted by molar-refractivity contribution is 7.89. The van der Waals surface area contributed by atoms with Crippen LogP contribution < -0.4 is 4.72 Å². The van der Waals surface area contributed by atoms with Gasteiger partial charge in [0.25, 0.3) is 0 Å². The zero-order valence-electron chi connectivity index (χ0n) is 9.79. The summed E-state index contributed by atoms with van der Waals surface area (Å²) in [5.74, 6) is -1.49. The summed E-state index contributed by atoms with van der Waals surface area (Å²) >= 11 is 5.50. The smallest absolute Gasteiger partial charge is 0.208 e. The van der Waals surface area contributed by atoms with Crippen molar-refractivity contribution in [1.29, 1.82) is 0 Å². The molecule has 18 heavy (non-hydrogen) atoms. The first-order valence-electron chi connectivity index (χ1n) is 5.40. The number of hydrogen-bond acceptors (Lipinski definition) is 2. The second-order valence-corrected chi connectivity index (χ2v) is 5.99. The second kappa shape index (κ2) is 6.45. The molecule has 0 aromatic heterocycles. The molecule has 0 aliphatic rings. The third-order valence-corrected chi connectivity index (χ3v) is 4.20. The largest absolute Gasteiger partial charge is 0.243 e. The predicted molar refractivity (Wildman–Crippen MR) is 66.1 cm³/mol. The minimum Gasteiger partial charge on any atom is -0.208 e. The molecule has 0 heterocycles. The maximum absolute atomic E-state index is 13.4. The Balaban J connectivity index is 2.86. The van der Waals surface area contributed by atoms with Crippen molar-refractivity contribution in [1.82, 2.24) is 4.72 Å². The molecule has 0 aliphatic carbocycles. The Hall–Kier alpha value is -0.720. The lowest BCUT2D eigenvalue weighted by atomic mass is 10.2. The highest BCUT2D eigenvalue weighted by Crippen LogP contribution is 2.16. The average molecular weight is 298 g/mol. The van der Waals surface area contributed by atoms with Crippen LogP contribution in [0.1, 0.15) is 19.8 Å². The van der Waals surface area contributed by atoms with Gasteiger partial charge in [-0.2, -0.15) is 0 Å². The van der Waals surface area contributed by atoms with E-state index in [-0.39, 0.29) is 6.04 Å². The molecule has 1 N–H and O–H groups in total. The third-order valence-electron chi connectivity index (χ3n) is 2.31. The van der Waals surface area contributed by atoms with Crippen LogP contribution >= 0.6 is 11.6 Å². The maximum atomic E-state index is 13.4. The highest BCUT2D eigenvalue weighted by atomic mass is 35.5. The summed E-state index contributed by atoms with van der Waals surface area (Å²) in [5, 5.41) is 0. The minimum atomic E-state index is -3.97. The third kappa shape index (κ3) is 4.19. The number of hydrogen-bond donors (Lipinski definition) is 1. The number of halogens is 3. The molecule has 7 heteroatoms. The lowest BCUT2D eigenvalue weighted by Crippen LogP contribution is -2.33. The first-order valence-corrected chi connectivity index (χ1v) is 7.42. The number of rotatable bonds is 6. The zero-order chi connectivity index (χ0) is 13.8. The monoisotopic (exact) mass is 297 g/mol. The topological polar surface area (TPSA) is 46.2 Å². The Morgan fingerprint density at radius 1 is 1.39 bits per heavy atom. The fraction of sp³-hybridized carbons (Fsp3) is 0.455. The summed E-state index contributed by atoms with van der Waals surface area (Å²) in [6, 6.07) is 1.98. The van der Waals surface area contributed by atoms with Crippen LogP contribution in [0.4, 0.5) is 8.78 Å². The van der Waals surface area contributed by atoms with Crippen molar-refractivity contribution in [2.24, 2.45) is 0 Å².